The van der Waals surface area contributed by atoms with Crippen LogP contribution in [0.4, 0.5) is 0 Å². The topological polar surface area (TPSA) is 0 Å². The van der Waals surface area contributed by atoms with Crippen molar-refractivity contribution in [1.29, 1.82) is 0 Å². The second-order valence-corrected chi connectivity index (χ2v) is 31.7. The minimum absolute atomic E-state index is 0.0917. The molecular formula is C94H114. The predicted molar refractivity (Wildman–Crippen MR) is 411 cm³/mol. The van der Waals surface area contributed by atoms with E-state index in [0.29, 0.717) is 0 Å². The Morgan fingerprint density at radius 3 is 0.809 bits per heavy atom. The van der Waals surface area contributed by atoms with E-state index in [1.165, 1.54) is 290 Å². The summed E-state index contributed by atoms with van der Waals surface area (Å²) in [6.07, 6.45) is 36.4. The minimum atomic E-state index is -0.194. The Kier molecular flexibility index (Phi) is 19.4. The second-order valence-electron chi connectivity index (χ2n) is 31.7. The monoisotopic (exact) mass is 1240 g/mol. The molecule has 0 heterocycles. The van der Waals surface area contributed by atoms with Gasteiger partial charge in [-0.3, -0.25) is 0 Å². The largest absolute Gasteiger partial charge is 0.0654 e. The van der Waals surface area contributed by atoms with Gasteiger partial charge in [0.1, 0.15) is 0 Å². The first-order chi connectivity index (χ1) is 45.6. The van der Waals surface area contributed by atoms with Gasteiger partial charge >= 0.3 is 0 Å². The van der Waals surface area contributed by atoms with Crippen molar-refractivity contribution in [3.63, 3.8) is 0 Å². The maximum Gasteiger partial charge on any atom is 0.0215 e. The highest BCUT2D eigenvalue weighted by Gasteiger charge is 2.51. The van der Waals surface area contributed by atoms with Gasteiger partial charge < -0.3 is 0 Å². The zero-order valence-corrected chi connectivity index (χ0v) is 60.5. The van der Waals surface area contributed by atoms with Crippen molar-refractivity contribution < 1.29 is 0 Å². The molecule has 0 amide bonds. The lowest BCUT2D eigenvalue weighted by atomic mass is 9.68. The summed E-state index contributed by atoms with van der Waals surface area (Å²) >= 11 is 0. The highest BCUT2D eigenvalue weighted by atomic mass is 14.5. The number of fused-ring (bicyclic) bond motifs is 16. The van der Waals surface area contributed by atoms with E-state index in [1.54, 1.807) is 44.5 Å². The standard InChI is InChI=1S/C94H114/c1-13-17-21-25-29-37-49-93(50-38-30-26-22-18-14-2)83-59-78-76-58-82-80(90-72-44-36-34-42-70(72)74(56-88(90)92(82,11)12)68-48-46-64(6)54-66(68)8)62-86(76)94(51-39-31-27-23-19-15-3,52-40-32-28-24-20-16-4)84(78)60-77(83)75-57-81-79(61-85(75)93)89-71-43-35-33-41-69(71)73(55-87(89)91(81,9)10)67-47-45-63(5)53-65(67)7/h33-36,41-48,53-62H,13-32,37-40,49-52H2,1-12H3. The average molecular weight is 1240 g/mol. The van der Waals surface area contributed by atoms with Gasteiger partial charge in [0.2, 0.25) is 0 Å². The van der Waals surface area contributed by atoms with Gasteiger partial charge in [-0.15, -0.1) is 0 Å². The molecule has 0 saturated heterocycles. The fraction of sp³-hybridized carbons (Fsp3) is 0.468. The average Bonchev–Trinajstić information content (AvgIpc) is 1.52. The molecule has 4 aliphatic rings. The quantitative estimate of drug-likeness (QED) is 0.0394. The van der Waals surface area contributed by atoms with E-state index >= 15 is 0 Å². The number of hydrogen-bond donors (Lipinski definition) is 0. The van der Waals surface area contributed by atoms with Crippen LogP contribution in [0.15, 0.2) is 133 Å². The van der Waals surface area contributed by atoms with Crippen molar-refractivity contribution in [3.05, 3.63) is 200 Å². The van der Waals surface area contributed by atoms with Crippen molar-refractivity contribution in [1.82, 2.24) is 0 Å². The molecule has 13 rings (SSSR count). The third-order valence-electron chi connectivity index (χ3n) is 24.6. The van der Waals surface area contributed by atoms with Crippen LogP contribution >= 0.6 is 0 Å². The molecule has 0 nitrogen and oxygen atoms in total. The van der Waals surface area contributed by atoms with Crippen LogP contribution in [0.5, 0.6) is 0 Å². The van der Waals surface area contributed by atoms with E-state index in [0.717, 1.165) is 0 Å². The Hall–Kier alpha value is -6.50. The molecule has 0 radical (unpaired) electrons. The Labute approximate surface area is 569 Å². The van der Waals surface area contributed by atoms with Crippen LogP contribution in [0.25, 0.3) is 88.3 Å². The molecule has 0 fully saturated rings. The molecule has 490 valence electrons. The maximum atomic E-state index is 2.94. The van der Waals surface area contributed by atoms with Gasteiger partial charge in [0.25, 0.3) is 0 Å². The molecule has 9 aromatic carbocycles. The molecule has 0 atom stereocenters. The summed E-state index contributed by atoms with van der Waals surface area (Å²) < 4.78 is 0. The first-order valence-electron chi connectivity index (χ1n) is 38.5. The van der Waals surface area contributed by atoms with Crippen LogP contribution in [0, 0.1) is 27.7 Å². The molecule has 0 heteroatoms. The first kappa shape index (κ1) is 66.1. The molecule has 9 aromatic rings. The SMILES string of the molecule is CCCCCCCCC1(CCCCCCCC)c2cc3c(cc2-c2cc4c(cc21)-c1cc2c(cc1C4(CCCCCCCC)CCCCCCCC)-c1c(cc(-c4ccc(C)cc4C)c4ccccc14)C2(C)C)C(C)(C)c1cc(-c2ccc(C)cc2C)c2ccccc2c1-3. The lowest BCUT2D eigenvalue weighted by Gasteiger charge is -2.35. The van der Waals surface area contributed by atoms with E-state index in [-0.39, 0.29) is 21.7 Å². The van der Waals surface area contributed by atoms with Crippen LogP contribution in [-0.2, 0) is 21.7 Å². The normalized spacial score (nSPS) is 15.3. The number of rotatable bonds is 30. The smallest absolute Gasteiger partial charge is 0.0215 e. The Morgan fingerprint density at radius 1 is 0.234 bits per heavy atom. The molecule has 0 bridgehead atoms. The van der Waals surface area contributed by atoms with E-state index in [4.69, 9.17) is 0 Å². The highest BCUT2D eigenvalue weighted by Crippen LogP contribution is 2.66. The molecule has 0 unspecified atom stereocenters. The lowest BCUT2D eigenvalue weighted by molar-refractivity contribution is 0.394. The van der Waals surface area contributed by atoms with Crippen LogP contribution in [0.2, 0.25) is 0 Å². The van der Waals surface area contributed by atoms with Crippen LogP contribution in [0.1, 0.15) is 302 Å². The number of unbranched alkanes of at least 4 members (excludes halogenated alkanes) is 20. The van der Waals surface area contributed by atoms with E-state index in [9.17, 15) is 0 Å². The first-order valence-corrected chi connectivity index (χ1v) is 38.5. The Bertz CT molecular complexity index is 3950. The third kappa shape index (κ3) is 11.6. The summed E-state index contributed by atoms with van der Waals surface area (Å²) in [5, 5.41) is 5.57. The van der Waals surface area contributed by atoms with Crippen molar-refractivity contribution >= 4 is 21.5 Å². The third-order valence-corrected chi connectivity index (χ3v) is 24.6. The van der Waals surface area contributed by atoms with Crippen molar-refractivity contribution in [2.75, 3.05) is 0 Å². The van der Waals surface area contributed by atoms with Gasteiger partial charge in [-0.05, 0) is 246 Å². The van der Waals surface area contributed by atoms with Gasteiger partial charge in [0.15, 0.2) is 0 Å². The minimum Gasteiger partial charge on any atom is -0.0654 e. The van der Waals surface area contributed by atoms with Gasteiger partial charge in [-0.1, -0.05) is 306 Å². The van der Waals surface area contributed by atoms with Gasteiger partial charge in [-0.2, -0.15) is 0 Å². The van der Waals surface area contributed by atoms with Crippen LogP contribution < -0.4 is 0 Å². The van der Waals surface area contributed by atoms with Crippen LogP contribution in [0.3, 0.4) is 0 Å². The van der Waals surface area contributed by atoms with E-state index in [2.05, 4.69) is 217 Å². The molecule has 0 N–H and O–H groups in total. The van der Waals surface area contributed by atoms with Gasteiger partial charge in [-0.25, -0.2) is 0 Å². The van der Waals surface area contributed by atoms with Crippen molar-refractivity contribution in [2.45, 2.75) is 285 Å². The summed E-state index contributed by atoms with van der Waals surface area (Å²) in [6, 6.07) is 55.7. The molecule has 0 aliphatic heterocycles. The fourth-order valence-electron chi connectivity index (χ4n) is 19.5. The fourth-order valence-corrected chi connectivity index (χ4v) is 19.5. The Morgan fingerprint density at radius 2 is 0.500 bits per heavy atom. The molecule has 0 aromatic heterocycles. The van der Waals surface area contributed by atoms with Crippen LogP contribution in [-0.4, -0.2) is 0 Å². The second kappa shape index (κ2) is 27.6. The summed E-state index contributed by atoms with van der Waals surface area (Å²) in [7, 11) is 0. The molecule has 94 heavy (non-hydrogen) atoms. The zero-order valence-electron chi connectivity index (χ0n) is 60.5. The molecule has 4 aliphatic carbocycles. The van der Waals surface area contributed by atoms with Crippen molar-refractivity contribution in [3.8, 4) is 66.8 Å². The predicted octanol–water partition coefficient (Wildman–Crippen LogP) is 28.7. The molecule has 0 spiro atoms. The van der Waals surface area contributed by atoms with Gasteiger partial charge in [0.05, 0.1) is 0 Å². The van der Waals surface area contributed by atoms with E-state index < -0.39 is 0 Å². The summed E-state index contributed by atoms with van der Waals surface area (Å²) in [4.78, 5) is 0. The van der Waals surface area contributed by atoms with Gasteiger partial charge in [0, 0.05) is 21.7 Å². The summed E-state index contributed by atoms with van der Waals surface area (Å²) in [5.41, 5.74) is 35.1. The number of benzene rings is 9. The molecule has 0 saturated carbocycles. The molecular weight excluding hydrogens is 1130 g/mol. The lowest BCUT2D eigenvalue weighted by Crippen LogP contribution is -2.27. The van der Waals surface area contributed by atoms with Crippen molar-refractivity contribution in [2.24, 2.45) is 0 Å². The summed E-state index contributed by atoms with van der Waals surface area (Å²) in [5.74, 6) is 0. The number of aryl methyl sites for hydroxylation is 4. The Balaban J connectivity index is 1.06. The summed E-state index contributed by atoms with van der Waals surface area (Å²) in [6.45, 7) is 28.9. The highest BCUT2D eigenvalue weighted by molar-refractivity contribution is 6.12. The van der Waals surface area contributed by atoms with E-state index in [1.807, 2.05) is 0 Å². The zero-order chi connectivity index (χ0) is 65.5. The maximum absolute atomic E-state index is 2.94. The number of hydrogen-bond acceptors (Lipinski definition) is 0.